The second kappa shape index (κ2) is 6.23. The monoisotopic (exact) mass is 367 g/mol. The first-order chi connectivity index (χ1) is 13.1. The van der Waals surface area contributed by atoms with Crippen molar-refractivity contribution in [3.63, 3.8) is 0 Å². The van der Waals surface area contributed by atoms with E-state index in [1.54, 1.807) is 9.80 Å². The molecule has 3 amide bonds. The van der Waals surface area contributed by atoms with E-state index in [1.165, 1.54) is 44.3 Å². The van der Waals surface area contributed by atoms with Gasteiger partial charge in [-0.3, -0.25) is 9.69 Å². The maximum Gasteiger partial charge on any atom is 0.325 e. The number of nitrogens with zero attached hydrogens (tertiary/aromatic N) is 3. The summed E-state index contributed by atoms with van der Waals surface area (Å²) < 4.78 is 0. The number of urea groups is 1. The number of benzene rings is 1. The molecule has 0 spiro atoms. The quantitative estimate of drug-likeness (QED) is 0.864. The Bertz CT molecular complexity index is 752. The minimum Gasteiger partial charge on any atom is -0.368 e. The van der Waals surface area contributed by atoms with Crippen molar-refractivity contribution in [2.24, 2.45) is 5.73 Å². The maximum absolute atomic E-state index is 12.8. The van der Waals surface area contributed by atoms with Gasteiger partial charge in [-0.15, -0.1) is 0 Å². The zero-order valence-corrected chi connectivity index (χ0v) is 15.6. The minimum absolute atomic E-state index is 0.108. The third kappa shape index (κ3) is 2.73. The normalized spacial score (nSPS) is 29.4. The standard InChI is InChI=1S/C21H27N4O2/c22-19(26)18-17-4-3-13-24(17)20(27)25(18)16-7-5-15(6-8-16)21(9-10-21)14-23-11-1-2-12-23/h4-8,17-18H,1-3,9-14H2,(H2,22,26)/t17-,18?/m1/s1. The number of likely N-dealkylation sites (tertiary alicyclic amines) is 1. The van der Waals surface area contributed by atoms with Gasteiger partial charge in [-0.1, -0.05) is 12.1 Å². The molecule has 3 aliphatic heterocycles. The van der Waals surface area contributed by atoms with E-state index in [0.29, 0.717) is 6.54 Å². The van der Waals surface area contributed by atoms with Crippen LogP contribution in [0.5, 0.6) is 0 Å². The molecule has 1 saturated carbocycles. The molecule has 27 heavy (non-hydrogen) atoms. The SMILES string of the molecule is NC(=O)C1[C@H]2[CH]CCN2C(=O)N1c1ccc(C2(CN3CCCC3)CC2)cc1. The average molecular weight is 367 g/mol. The Kier molecular flexibility index (Phi) is 3.93. The van der Waals surface area contributed by atoms with Gasteiger partial charge in [0.1, 0.15) is 6.04 Å². The Hall–Kier alpha value is -2.08. The van der Waals surface area contributed by atoms with Gasteiger partial charge in [0.2, 0.25) is 5.91 Å². The number of fused-ring (bicyclic) bond motifs is 1. The Balaban J connectivity index is 1.38. The van der Waals surface area contributed by atoms with Crippen LogP contribution in [0.25, 0.3) is 0 Å². The summed E-state index contributed by atoms with van der Waals surface area (Å²) in [4.78, 5) is 30.9. The second-order valence-corrected chi connectivity index (χ2v) is 8.52. The number of anilines is 1. The molecule has 5 rings (SSSR count). The average Bonchev–Trinajstić information content (AvgIpc) is 3.03. The third-order valence-electron chi connectivity index (χ3n) is 6.82. The summed E-state index contributed by atoms with van der Waals surface area (Å²) in [6.07, 6.45) is 7.97. The smallest absolute Gasteiger partial charge is 0.325 e. The van der Waals surface area contributed by atoms with E-state index < -0.39 is 11.9 Å². The number of nitrogens with two attached hydrogens (primary N) is 1. The summed E-state index contributed by atoms with van der Waals surface area (Å²) in [6.45, 7) is 4.25. The van der Waals surface area contributed by atoms with Crippen LogP contribution in [0.3, 0.4) is 0 Å². The zero-order chi connectivity index (χ0) is 18.6. The molecular formula is C21H27N4O2. The van der Waals surface area contributed by atoms with Crippen molar-refractivity contribution in [3.05, 3.63) is 36.2 Å². The fraction of sp³-hybridized carbons (Fsp3) is 0.571. The van der Waals surface area contributed by atoms with E-state index in [9.17, 15) is 9.59 Å². The molecule has 1 radical (unpaired) electrons. The Morgan fingerprint density at radius 3 is 2.44 bits per heavy atom. The molecule has 1 aromatic rings. The summed E-state index contributed by atoms with van der Waals surface area (Å²) in [6, 6.07) is 7.38. The predicted molar refractivity (Wildman–Crippen MR) is 103 cm³/mol. The molecule has 1 aromatic carbocycles. The van der Waals surface area contributed by atoms with Crippen LogP contribution in [-0.4, -0.2) is 60.0 Å². The van der Waals surface area contributed by atoms with Crippen LogP contribution < -0.4 is 10.6 Å². The predicted octanol–water partition coefficient (Wildman–Crippen LogP) is 1.89. The molecule has 3 heterocycles. The van der Waals surface area contributed by atoms with Crippen LogP contribution in [0, 0.1) is 6.42 Å². The van der Waals surface area contributed by atoms with Gasteiger partial charge in [-0.2, -0.15) is 0 Å². The van der Waals surface area contributed by atoms with Crippen molar-refractivity contribution in [2.45, 2.75) is 49.6 Å². The summed E-state index contributed by atoms with van der Waals surface area (Å²) >= 11 is 0. The van der Waals surface area contributed by atoms with Crippen LogP contribution in [0.15, 0.2) is 24.3 Å². The van der Waals surface area contributed by atoms with Crippen molar-refractivity contribution in [3.8, 4) is 0 Å². The second-order valence-electron chi connectivity index (χ2n) is 8.52. The number of hydrogen-bond acceptors (Lipinski definition) is 3. The van der Waals surface area contributed by atoms with E-state index in [2.05, 4.69) is 17.0 Å². The van der Waals surface area contributed by atoms with E-state index in [4.69, 9.17) is 5.73 Å². The van der Waals surface area contributed by atoms with E-state index in [1.807, 2.05) is 18.6 Å². The van der Waals surface area contributed by atoms with E-state index in [0.717, 1.165) is 18.7 Å². The zero-order valence-electron chi connectivity index (χ0n) is 15.6. The number of primary amides is 1. The van der Waals surface area contributed by atoms with Crippen LogP contribution in [0.2, 0.25) is 0 Å². The Morgan fingerprint density at radius 2 is 1.81 bits per heavy atom. The van der Waals surface area contributed by atoms with Gasteiger partial charge in [0.25, 0.3) is 0 Å². The summed E-state index contributed by atoms with van der Waals surface area (Å²) in [5.74, 6) is -0.439. The number of carbonyl (C=O) groups is 2. The molecule has 0 bridgehead atoms. The van der Waals surface area contributed by atoms with Gasteiger partial charge in [-0.05, 0) is 69.3 Å². The fourth-order valence-electron chi connectivity index (χ4n) is 5.19. The minimum atomic E-state index is -0.606. The summed E-state index contributed by atoms with van der Waals surface area (Å²) in [7, 11) is 0. The van der Waals surface area contributed by atoms with Gasteiger partial charge in [-0.25, -0.2) is 4.79 Å². The first-order valence-corrected chi connectivity index (χ1v) is 10.1. The first-order valence-electron chi connectivity index (χ1n) is 10.1. The van der Waals surface area contributed by atoms with Gasteiger partial charge in [0, 0.05) is 24.2 Å². The van der Waals surface area contributed by atoms with Crippen LogP contribution >= 0.6 is 0 Å². The summed E-state index contributed by atoms with van der Waals surface area (Å²) in [5.41, 5.74) is 8.07. The highest BCUT2D eigenvalue weighted by atomic mass is 16.2. The van der Waals surface area contributed by atoms with Crippen molar-refractivity contribution in [1.82, 2.24) is 9.80 Å². The van der Waals surface area contributed by atoms with Crippen molar-refractivity contribution >= 4 is 17.6 Å². The highest BCUT2D eigenvalue weighted by Gasteiger charge is 2.51. The number of hydrogen-bond donors (Lipinski definition) is 1. The molecule has 1 unspecified atom stereocenters. The molecule has 4 aliphatic rings. The van der Waals surface area contributed by atoms with Gasteiger partial charge in [0.15, 0.2) is 0 Å². The first kappa shape index (κ1) is 17.0. The number of carbonyl (C=O) groups excluding carboxylic acids is 2. The van der Waals surface area contributed by atoms with Crippen LogP contribution in [0.4, 0.5) is 10.5 Å². The van der Waals surface area contributed by atoms with E-state index in [-0.39, 0.29) is 17.5 Å². The molecule has 3 saturated heterocycles. The van der Waals surface area contributed by atoms with Crippen LogP contribution in [0.1, 0.15) is 37.7 Å². The van der Waals surface area contributed by atoms with Gasteiger partial charge in [0.05, 0.1) is 6.04 Å². The summed E-state index contributed by atoms with van der Waals surface area (Å²) in [5, 5.41) is 0. The molecular weight excluding hydrogens is 340 g/mol. The lowest BCUT2D eigenvalue weighted by atomic mass is 9.94. The highest BCUT2D eigenvalue weighted by Crippen LogP contribution is 2.49. The number of rotatable bonds is 5. The molecule has 4 fully saturated rings. The highest BCUT2D eigenvalue weighted by molar-refractivity contribution is 6.04. The Morgan fingerprint density at radius 1 is 1.11 bits per heavy atom. The lowest BCUT2D eigenvalue weighted by molar-refractivity contribution is -0.119. The molecule has 0 aromatic heterocycles. The molecule has 2 atom stereocenters. The lowest BCUT2D eigenvalue weighted by Gasteiger charge is -2.26. The maximum atomic E-state index is 12.8. The van der Waals surface area contributed by atoms with Crippen LogP contribution in [-0.2, 0) is 10.2 Å². The van der Waals surface area contributed by atoms with E-state index >= 15 is 0 Å². The fourth-order valence-corrected chi connectivity index (χ4v) is 5.19. The molecule has 1 aliphatic carbocycles. The number of amides is 3. The van der Waals surface area contributed by atoms with Gasteiger partial charge < -0.3 is 15.5 Å². The third-order valence-corrected chi connectivity index (χ3v) is 6.82. The molecule has 143 valence electrons. The lowest BCUT2D eigenvalue weighted by Crippen LogP contribution is -2.46. The molecule has 6 nitrogen and oxygen atoms in total. The Labute approximate surface area is 160 Å². The van der Waals surface area contributed by atoms with Crippen molar-refractivity contribution < 1.29 is 9.59 Å². The molecule has 6 heteroatoms. The largest absolute Gasteiger partial charge is 0.368 e. The van der Waals surface area contributed by atoms with Gasteiger partial charge >= 0.3 is 6.03 Å². The van der Waals surface area contributed by atoms with Crippen molar-refractivity contribution in [2.75, 3.05) is 31.1 Å². The van der Waals surface area contributed by atoms with Crippen molar-refractivity contribution in [1.29, 1.82) is 0 Å². The topological polar surface area (TPSA) is 69.9 Å². The molecule has 2 N–H and O–H groups in total.